The van der Waals surface area contributed by atoms with Crippen LogP contribution in [-0.4, -0.2) is 29.0 Å². The molecule has 1 aromatic heterocycles. The molecule has 1 heterocycles. The lowest BCUT2D eigenvalue weighted by molar-refractivity contribution is 0.174. The van der Waals surface area contributed by atoms with Crippen molar-refractivity contribution in [2.24, 2.45) is 0 Å². The molecule has 0 N–H and O–H groups in total. The highest BCUT2D eigenvalue weighted by Crippen LogP contribution is 2.27. The number of hydrogen-bond donors (Lipinski definition) is 0. The number of nitrogens with zero attached hydrogens (tertiary/aromatic N) is 3. The third-order valence-electron chi connectivity index (χ3n) is 4.60. The zero-order valence-corrected chi connectivity index (χ0v) is 15.2. The Morgan fingerprint density at radius 3 is 2.64 bits per heavy atom. The molecule has 0 aliphatic heterocycles. The Hall–Kier alpha value is -2.64. The number of aromatic nitrogens is 1. The van der Waals surface area contributed by atoms with Crippen LogP contribution in [0.5, 0.6) is 0 Å². The molecule has 4 nitrogen and oxygen atoms in total. The minimum absolute atomic E-state index is 0.125. The third-order valence-corrected chi connectivity index (χ3v) is 4.60. The van der Waals surface area contributed by atoms with E-state index in [1.807, 2.05) is 42.5 Å². The van der Waals surface area contributed by atoms with E-state index in [0.717, 1.165) is 41.1 Å². The molecule has 128 valence electrons. The maximum absolute atomic E-state index is 9.30. The van der Waals surface area contributed by atoms with Crippen molar-refractivity contribution in [3.63, 3.8) is 0 Å². The van der Waals surface area contributed by atoms with Gasteiger partial charge >= 0.3 is 0 Å². The molecule has 0 spiro atoms. The van der Waals surface area contributed by atoms with Crippen molar-refractivity contribution in [1.82, 2.24) is 9.88 Å². The van der Waals surface area contributed by atoms with Crippen molar-refractivity contribution in [2.75, 3.05) is 13.6 Å². The molecule has 0 unspecified atom stereocenters. The lowest BCUT2D eigenvalue weighted by atomic mass is 10.0. The van der Waals surface area contributed by atoms with E-state index >= 15 is 0 Å². The van der Waals surface area contributed by atoms with Crippen molar-refractivity contribution in [2.45, 2.75) is 32.7 Å². The molecule has 0 bridgehead atoms. The highest BCUT2D eigenvalue weighted by molar-refractivity contribution is 5.82. The van der Waals surface area contributed by atoms with Crippen LogP contribution in [0, 0.1) is 11.3 Å². The summed E-state index contributed by atoms with van der Waals surface area (Å²) >= 11 is 0. The molecule has 0 fully saturated rings. The summed E-state index contributed by atoms with van der Waals surface area (Å²) in [5.74, 6) is 0.747. The topological polar surface area (TPSA) is 53.1 Å². The van der Waals surface area contributed by atoms with Crippen LogP contribution in [0.1, 0.15) is 32.2 Å². The monoisotopic (exact) mass is 333 g/mol. The highest BCUT2D eigenvalue weighted by atomic mass is 16.3. The van der Waals surface area contributed by atoms with Crippen LogP contribution in [0.25, 0.3) is 22.2 Å². The van der Waals surface area contributed by atoms with E-state index in [1.165, 1.54) is 0 Å². The van der Waals surface area contributed by atoms with Gasteiger partial charge < -0.3 is 9.32 Å². The number of hydrogen-bond acceptors (Lipinski definition) is 4. The number of likely N-dealkylation sites (N-methyl/N-ethyl adjacent to an activating group) is 1. The fraction of sp³-hybridized carbons (Fsp3) is 0.333. The van der Waals surface area contributed by atoms with Crippen LogP contribution in [0.3, 0.4) is 0 Å². The molecule has 4 heteroatoms. The number of benzene rings is 2. The second-order valence-corrected chi connectivity index (χ2v) is 7.29. The van der Waals surface area contributed by atoms with Gasteiger partial charge in [0.25, 0.3) is 0 Å². The standard InChI is InChI=1S/C21H23N3O/c1-21(2,3)24(4)12-11-20-23-18-13-15(9-10-19(18)25-20)17-8-6-5-7-16(17)14-22/h5-10,13H,11-12H2,1-4H3. The van der Waals surface area contributed by atoms with E-state index in [4.69, 9.17) is 4.42 Å². The van der Waals surface area contributed by atoms with Crippen LogP contribution >= 0.6 is 0 Å². The van der Waals surface area contributed by atoms with E-state index in [2.05, 4.69) is 43.8 Å². The Labute approximate surface area is 148 Å². The predicted molar refractivity (Wildman–Crippen MR) is 100 cm³/mol. The van der Waals surface area contributed by atoms with E-state index in [9.17, 15) is 5.26 Å². The van der Waals surface area contributed by atoms with Gasteiger partial charge in [0, 0.05) is 18.5 Å². The molecule has 0 atom stereocenters. The number of fused-ring (bicyclic) bond motifs is 1. The van der Waals surface area contributed by atoms with Gasteiger partial charge in [0.15, 0.2) is 11.5 Å². The maximum Gasteiger partial charge on any atom is 0.196 e. The summed E-state index contributed by atoms with van der Waals surface area (Å²) in [6.07, 6.45) is 0.770. The summed E-state index contributed by atoms with van der Waals surface area (Å²) in [5, 5.41) is 9.30. The average molecular weight is 333 g/mol. The Balaban J connectivity index is 1.86. The predicted octanol–water partition coefficient (Wildman–Crippen LogP) is 4.64. The van der Waals surface area contributed by atoms with Crippen molar-refractivity contribution in [1.29, 1.82) is 5.26 Å². The minimum atomic E-state index is 0.125. The summed E-state index contributed by atoms with van der Waals surface area (Å²) in [7, 11) is 2.11. The molecule has 0 amide bonds. The number of rotatable bonds is 4. The first-order chi connectivity index (χ1) is 11.9. The van der Waals surface area contributed by atoms with E-state index in [0.29, 0.717) is 5.56 Å². The van der Waals surface area contributed by atoms with Gasteiger partial charge in [0.2, 0.25) is 0 Å². The van der Waals surface area contributed by atoms with Crippen LogP contribution < -0.4 is 0 Å². The Kier molecular flexibility index (Phi) is 4.61. The summed E-state index contributed by atoms with van der Waals surface area (Å²) < 4.78 is 5.88. The normalized spacial score (nSPS) is 11.8. The van der Waals surface area contributed by atoms with Gasteiger partial charge in [-0.25, -0.2) is 4.98 Å². The van der Waals surface area contributed by atoms with Gasteiger partial charge in [-0.1, -0.05) is 24.3 Å². The maximum atomic E-state index is 9.30. The van der Waals surface area contributed by atoms with Crippen LogP contribution in [0.2, 0.25) is 0 Å². The first kappa shape index (κ1) is 17.2. The van der Waals surface area contributed by atoms with Gasteiger partial charge in [-0.3, -0.25) is 0 Å². The molecule has 0 saturated heterocycles. The zero-order valence-electron chi connectivity index (χ0n) is 15.2. The lowest BCUT2D eigenvalue weighted by Crippen LogP contribution is -2.39. The smallest absolute Gasteiger partial charge is 0.196 e. The molecular formula is C21H23N3O. The van der Waals surface area contributed by atoms with Crippen molar-refractivity contribution in [3.05, 3.63) is 53.9 Å². The largest absolute Gasteiger partial charge is 0.441 e. The third kappa shape index (κ3) is 3.72. The fourth-order valence-electron chi connectivity index (χ4n) is 2.68. The van der Waals surface area contributed by atoms with Crippen LogP contribution in [-0.2, 0) is 6.42 Å². The summed E-state index contributed by atoms with van der Waals surface area (Å²) in [6, 6.07) is 15.8. The quantitative estimate of drug-likeness (QED) is 0.698. The van der Waals surface area contributed by atoms with Gasteiger partial charge in [-0.2, -0.15) is 5.26 Å². The fourth-order valence-corrected chi connectivity index (χ4v) is 2.68. The Bertz CT molecular complexity index is 928. The minimum Gasteiger partial charge on any atom is -0.441 e. The first-order valence-corrected chi connectivity index (χ1v) is 8.49. The Morgan fingerprint density at radius 2 is 1.92 bits per heavy atom. The second kappa shape index (κ2) is 6.70. The SMILES string of the molecule is CN(CCc1nc2cc(-c3ccccc3C#N)ccc2o1)C(C)(C)C. The van der Waals surface area contributed by atoms with Crippen molar-refractivity contribution < 1.29 is 4.42 Å². The molecule has 2 aromatic carbocycles. The van der Waals surface area contributed by atoms with Gasteiger partial charge in [-0.15, -0.1) is 0 Å². The van der Waals surface area contributed by atoms with Crippen molar-refractivity contribution in [3.8, 4) is 17.2 Å². The number of oxazole rings is 1. The lowest BCUT2D eigenvalue weighted by Gasteiger charge is -2.31. The first-order valence-electron chi connectivity index (χ1n) is 8.49. The number of nitriles is 1. The molecule has 0 aliphatic rings. The average Bonchev–Trinajstić information content (AvgIpc) is 3.00. The molecular weight excluding hydrogens is 310 g/mol. The molecule has 3 aromatic rings. The Morgan fingerprint density at radius 1 is 1.16 bits per heavy atom. The molecule has 0 saturated carbocycles. The summed E-state index contributed by atoms with van der Waals surface area (Å²) in [5.41, 5.74) is 4.31. The van der Waals surface area contributed by atoms with Crippen molar-refractivity contribution >= 4 is 11.1 Å². The zero-order chi connectivity index (χ0) is 18.0. The van der Waals surface area contributed by atoms with Gasteiger partial charge in [-0.05, 0) is 57.1 Å². The molecule has 3 rings (SSSR count). The highest BCUT2D eigenvalue weighted by Gasteiger charge is 2.17. The summed E-state index contributed by atoms with van der Waals surface area (Å²) in [4.78, 5) is 6.92. The van der Waals surface area contributed by atoms with E-state index < -0.39 is 0 Å². The van der Waals surface area contributed by atoms with Crippen LogP contribution in [0.4, 0.5) is 0 Å². The summed E-state index contributed by atoms with van der Waals surface area (Å²) in [6.45, 7) is 7.47. The van der Waals surface area contributed by atoms with Crippen LogP contribution in [0.15, 0.2) is 46.9 Å². The molecule has 0 aliphatic carbocycles. The van der Waals surface area contributed by atoms with E-state index in [-0.39, 0.29) is 5.54 Å². The van der Waals surface area contributed by atoms with Gasteiger partial charge in [0.05, 0.1) is 11.6 Å². The second-order valence-electron chi connectivity index (χ2n) is 7.29. The molecule has 0 radical (unpaired) electrons. The van der Waals surface area contributed by atoms with Gasteiger partial charge in [0.1, 0.15) is 5.52 Å². The molecule has 25 heavy (non-hydrogen) atoms. The van der Waals surface area contributed by atoms with E-state index in [1.54, 1.807) is 0 Å².